The van der Waals surface area contributed by atoms with Crippen molar-refractivity contribution in [1.29, 1.82) is 0 Å². The van der Waals surface area contributed by atoms with E-state index >= 15 is 0 Å². The van der Waals surface area contributed by atoms with Crippen molar-refractivity contribution in [3.63, 3.8) is 0 Å². The molecule has 2 heteroatoms. The topological polar surface area (TPSA) is 12.5 Å². The minimum absolute atomic E-state index is 0.0486. The van der Waals surface area contributed by atoms with Gasteiger partial charge < -0.3 is 9.64 Å². The molecule has 1 unspecified atom stereocenters. The maximum Gasteiger partial charge on any atom is 0.119 e. The van der Waals surface area contributed by atoms with Crippen LogP contribution in [0.4, 0.5) is 0 Å². The Kier molecular flexibility index (Phi) is 2.09. The average Bonchev–Trinajstić information content (AvgIpc) is 2.63. The monoisotopic (exact) mass is 306 g/mol. The summed E-state index contributed by atoms with van der Waals surface area (Å²) >= 11 is 0. The van der Waals surface area contributed by atoms with Gasteiger partial charge in [0.1, 0.15) is 5.75 Å². The molecule has 120 valence electrons. The lowest BCUT2D eigenvalue weighted by atomic mass is 9.52. The number of nitrogens with zero attached hydrogens (tertiary/aromatic N) is 1. The standard InChI is InChI=1S/C20H29NO/c1-14(2)22-16-8-7-15-12-19-17-6-4-5-9-20(17,18(15)13-16)10-11-21(19)3/h7-8,13-14,17,19H,4-6,9-12H2,1-3H3/t17-,19?,20-/m0/s1/i1D3,2D3,14D. The second-order valence-corrected chi connectivity index (χ2v) is 7.26. The van der Waals surface area contributed by atoms with Gasteiger partial charge in [0.2, 0.25) is 0 Å². The Bertz CT molecular complexity index is 776. The van der Waals surface area contributed by atoms with Crippen LogP contribution in [-0.2, 0) is 11.8 Å². The van der Waals surface area contributed by atoms with Gasteiger partial charge in [0.15, 0.2) is 0 Å². The Morgan fingerprint density at radius 3 is 3.14 bits per heavy atom. The third-order valence-corrected chi connectivity index (χ3v) is 6.31. The van der Waals surface area contributed by atoms with Crippen molar-refractivity contribution in [3.05, 3.63) is 29.3 Å². The van der Waals surface area contributed by atoms with Crippen LogP contribution in [0.25, 0.3) is 0 Å². The van der Waals surface area contributed by atoms with Crippen LogP contribution in [0.1, 0.15) is 66.5 Å². The van der Waals surface area contributed by atoms with Gasteiger partial charge in [-0.05, 0) is 82.2 Å². The van der Waals surface area contributed by atoms with E-state index in [1.807, 2.05) is 12.1 Å². The van der Waals surface area contributed by atoms with Crippen molar-refractivity contribution in [2.45, 2.75) is 69.8 Å². The largest absolute Gasteiger partial charge is 0.491 e. The van der Waals surface area contributed by atoms with Crippen molar-refractivity contribution in [2.75, 3.05) is 13.6 Å². The quantitative estimate of drug-likeness (QED) is 0.813. The Morgan fingerprint density at radius 2 is 2.27 bits per heavy atom. The molecule has 0 N–H and O–H groups in total. The van der Waals surface area contributed by atoms with E-state index < -0.39 is 19.8 Å². The van der Waals surface area contributed by atoms with Gasteiger partial charge in [-0.3, -0.25) is 0 Å². The number of rotatable bonds is 2. The highest BCUT2D eigenvalue weighted by Gasteiger charge is 2.53. The molecule has 0 spiro atoms. The van der Waals surface area contributed by atoms with Crippen LogP contribution in [0, 0.1) is 5.92 Å². The van der Waals surface area contributed by atoms with E-state index in [9.17, 15) is 0 Å². The number of benzene rings is 1. The zero-order chi connectivity index (χ0) is 21.2. The smallest absolute Gasteiger partial charge is 0.119 e. The number of ether oxygens (including phenoxy) is 1. The molecule has 0 aromatic heterocycles. The maximum absolute atomic E-state index is 8.19. The fraction of sp³-hybridized carbons (Fsp3) is 0.700. The molecule has 3 aliphatic rings. The molecule has 3 atom stereocenters. The number of piperidine rings is 1. The zero-order valence-electron chi connectivity index (χ0n) is 20.2. The lowest BCUT2D eigenvalue weighted by Gasteiger charge is -2.58. The molecule has 2 bridgehead atoms. The lowest BCUT2D eigenvalue weighted by molar-refractivity contribution is 0.00266. The van der Waals surface area contributed by atoms with Crippen LogP contribution >= 0.6 is 0 Å². The first-order valence-electron chi connectivity index (χ1n) is 11.9. The summed E-state index contributed by atoms with van der Waals surface area (Å²) in [6.45, 7) is -5.17. The molecular formula is C20H29NO. The number of hydrogen-bond donors (Lipinski definition) is 0. The molecule has 0 amide bonds. The summed E-state index contributed by atoms with van der Waals surface area (Å²) < 4.78 is 59.3. The van der Waals surface area contributed by atoms with Gasteiger partial charge in [-0.2, -0.15) is 0 Å². The third kappa shape index (κ3) is 2.11. The second kappa shape index (κ2) is 5.26. The first-order chi connectivity index (χ1) is 13.4. The van der Waals surface area contributed by atoms with Gasteiger partial charge in [-0.25, -0.2) is 0 Å². The van der Waals surface area contributed by atoms with Gasteiger partial charge in [-0.15, -0.1) is 0 Å². The fourth-order valence-electron chi connectivity index (χ4n) is 5.36. The minimum Gasteiger partial charge on any atom is -0.491 e. The Labute approximate surface area is 144 Å². The normalized spacial score (nSPS) is 40.5. The van der Waals surface area contributed by atoms with Gasteiger partial charge in [0, 0.05) is 19.7 Å². The van der Waals surface area contributed by atoms with Crippen molar-refractivity contribution in [1.82, 2.24) is 4.90 Å². The summed E-state index contributed by atoms with van der Waals surface area (Å²) in [5.41, 5.74) is 2.47. The maximum atomic E-state index is 8.19. The van der Waals surface area contributed by atoms with E-state index in [2.05, 4.69) is 11.9 Å². The highest BCUT2D eigenvalue weighted by Crippen LogP contribution is 2.55. The van der Waals surface area contributed by atoms with Crippen LogP contribution in [0.2, 0.25) is 0 Å². The van der Waals surface area contributed by atoms with Gasteiger partial charge >= 0.3 is 0 Å². The summed E-state index contributed by atoms with van der Waals surface area (Å²) in [5.74, 6) is 0.728. The SMILES string of the molecule is [2H]C([2H])([2H])C([2H])(Oc1ccc2c(c1)[C@]13CCCC[C@H]1C(C2)N(C)CC3)C([2H])([2H])[2H]. The van der Waals surface area contributed by atoms with E-state index in [0.717, 1.165) is 25.8 Å². The average molecular weight is 307 g/mol. The number of fused-ring (bicyclic) bond motifs is 1. The number of hydrogen-bond acceptors (Lipinski definition) is 2. The Hall–Kier alpha value is -1.02. The van der Waals surface area contributed by atoms with Gasteiger partial charge in [0.25, 0.3) is 0 Å². The molecular weight excluding hydrogens is 270 g/mol. The van der Waals surface area contributed by atoms with Crippen LogP contribution in [0.3, 0.4) is 0 Å². The first kappa shape index (κ1) is 8.73. The Balaban J connectivity index is 1.76. The van der Waals surface area contributed by atoms with Gasteiger partial charge in [0.05, 0.1) is 7.45 Å². The van der Waals surface area contributed by atoms with E-state index in [0.29, 0.717) is 12.0 Å². The molecule has 1 saturated heterocycles. The van der Waals surface area contributed by atoms with Crippen molar-refractivity contribution >= 4 is 0 Å². The summed E-state index contributed by atoms with van der Waals surface area (Å²) in [6, 6.07) is 5.94. The summed E-state index contributed by atoms with van der Waals surface area (Å²) in [5, 5.41) is 0. The molecule has 4 rings (SSSR count). The highest BCUT2D eigenvalue weighted by molar-refractivity contribution is 5.45. The molecule has 22 heavy (non-hydrogen) atoms. The van der Waals surface area contributed by atoms with E-state index in [1.54, 1.807) is 6.07 Å². The molecule has 1 aromatic rings. The number of likely N-dealkylation sites (tertiary alicyclic amines) is 1. The predicted molar refractivity (Wildman–Crippen MR) is 90.6 cm³/mol. The predicted octanol–water partition coefficient (Wildman–Crippen LogP) is 4.16. The molecule has 2 fully saturated rings. The van der Waals surface area contributed by atoms with Crippen LogP contribution in [-0.4, -0.2) is 30.6 Å². The molecule has 0 radical (unpaired) electrons. The first-order valence-corrected chi connectivity index (χ1v) is 8.42. The lowest BCUT2D eigenvalue weighted by Crippen LogP contribution is -2.59. The third-order valence-electron chi connectivity index (χ3n) is 6.31. The molecule has 1 heterocycles. The second-order valence-electron chi connectivity index (χ2n) is 7.26. The van der Waals surface area contributed by atoms with Crippen LogP contribution in [0.5, 0.6) is 5.75 Å². The molecule has 1 aromatic carbocycles. The van der Waals surface area contributed by atoms with Crippen molar-refractivity contribution < 1.29 is 14.3 Å². The summed E-state index contributed by atoms with van der Waals surface area (Å²) in [7, 11) is 2.20. The summed E-state index contributed by atoms with van der Waals surface area (Å²) in [4.78, 5) is 2.47. The molecule has 2 nitrogen and oxygen atoms in total. The molecule has 1 saturated carbocycles. The van der Waals surface area contributed by atoms with Crippen molar-refractivity contribution in [2.24, 2.45) is 5.92 Å². The van der Waals surface area contributed by atoms with Crippen LogP contribution < -0.4 is 4.74 Å². The van der Waals surface area contributed by atoms with Crippen LogP contribution in [0.15, 0.2) is 18.2 Å². The highest BCUT2D eigenvalue weighted by atomic mass is 16.5. The number of likely N-dealkylation sites (N-methyl/N-ethyl adjacent to an activating group) is 1. The van der Waals surface area contributed by atoms with E-state index in [-0.39, 0.29) is 11.2 Å². The van der Waals surface area contributed by atoms with E-state index in [1.165, 1.54) is 30.4 Å². The van der Waals surface area contributed by atoms with Crippen molar-refractivity contribution in [3.8, 4) is 5.75 Å². The summed E-state index contributed by atoms with van der Waals surface area (Å²) in [6.07, 6.45) is 3.69. The van der Waals surface area contributed by atoms with E-state index in [4.69, 9.17) is 14.3 Å². The minimum atomic E-state index is -3.10. The Morgan fingerprint density at radius 1 is 1.36 bits per heavy atom. The molecule has 1 aliphatic heterocycles. The molecule has 2 aliphatic carbocycles. The zero-order valence-corrected chi connectivity index (χ0v) is 13.2. The fourth-order valence-corrected chi connectivity index (χ4v) is 5.36. The van der Waals surface area contributed by atoms with Gasteiger partial charge in [-0.1, -0.05) is 18.9 Å².